The zero-order valence-electron chi connectivity index (χ0n) is 18.0. The van der Waals surface area contributed by atoms with E-state index in [0.717, 1.165) is 29.7 Å². The van der Waals surface area contributed by atoms with E-state index in [4.69, 9.17) is 4.74 Å². The number of pyridine rings is 1. The highest BCUT2D eigenvalue weighted by molar-refractivity contribution is 7.09. The zero-order valence-corrected chi connectivity index (χ0v) is 18.8. The summed E-state index contributed by atoms with van der Waals surface area (Å²) >= 11 is 1.48. The number of aromatic nitrogens is 2. The van der Waals surface area contributed by atoms with Gasteiger partial charge in [-0.1, -0.05) is 18.2 Å². The molecule has 176 valence electrons. The van der Waals surface area contributed by atoms with E-state index in [-0.39, 0.29) is 17.9 Å². The number of carbonyl (C=O) groups is 1. The summed E-state index contributed by atoms with van der Waals surface area (Å²) in [6.45, 7) is 3.14. The summed E-state index contributed by atoms with van der Waals surface area (Å²) in [7, 11) is 0. The molecule has 6 nitrogen and oxygen atoms in total. The Kier molecular flexibility index (Phi) is 6.01. The minimum Gasteiger partial charge on any atom is -0.378 e. The SMILES string of the molecule is O=C(NCc1cccs1)c1cn2cc(-c3ccc(N4CCOCC4)cc3)cc(C(F)(F)F)c2n1. The molecule has 3 aromatic heterocycles. The van der Waals surface area contributed by atoms with Crippen LogP contribution < -0.4 is 10.2 Å². The number of morpholine rings is 1. The first-order chi connectivity index (χ1) is 16.4. The molecule has 1 aromatic carbocycles. The summed E-state index contributed by atoms with van der Waals surface area (Å²) in [4.78, 5) is 19.7. The van der Waals surface area contributed by atoms with Crippen molar-refractivity contribution in [2.24, 2.45) is 0 Å². The van der Waals surface area contributed by atoms with E-state index in [1.165, 1.54) is 21.9 Å². The number of alkyl halides is 3. The number of nitrogens with one attached hydrogen (secondary N) is 1. The van der Waals surface area contributed by atoms with Crippen molar-refractivity contribution in [3.63, 3.8) is 0 Å². The first-order valence-corrected chi connectivity index (χ1v) is 11.6. The maximum atomic E-state index is 13.9. The molecule has 1 fully saturated rings. The Balaban J connectivity index is 1.46. The van der Waals surface area contributed by atoms with Crippen molar-refractivity contribution in [2.45, 2.75) is 12.7 Å². The predicted molar refractivity (Wildman–Crippen MR) is 124 cm³/mol. The second-order valence-corrected chi connectivity index (χ2v) is 8.94. The lowest BCUT2D eigenvalue weighted by atomic mass is 10.0. The number of carbonyl (C=O) groups excluding carboxylic acids is 1. The normalized spacial score (nSPS) is 14.5. The highest BCUT2D eigenvalue weighted by atomic mass is 32.1. The van der Waals surface area contributed by atoms with Crippen LogP contribution in [0.2, 0.25) is 0 Å². The van der Waals surface area contributed by atoms with E-state index in [9.17, 15) is 18.0 Å². The monoisotopic (exact) mass is 486 g/mol. The minimum absolute atomic E-state index is 0.0677. The van der Waals surface area contributed by atoms with Gasteiger partial charge < -0.3 is 19.4 Å². The Hall–Kier alpha value is -3.37. The van der Waals surface area contributed by atoms with Gasteiger partial charge in [-0.2, -0.15) is 13.2 Å². The van der Waals surface area contributed by atoms with Gasteiger partial charge in [0, 0.05) is 36.0 Å². The Morgan fingerprint density at radius 2 is 1.85 bits per heavy atom. The summed E-state index contributed by atoms with van der Waals surface area (Å²) in [6, 6.07) is 12.2. The fraction of sp³-hybridized carbons (Fsp3) is 0.250. The molecule has 4 heterocycles. The molecule has 1 aliphatic heterocycles. The van der Waals surface area contributed by atoms with Crippen LogP contribution in [0.15, 0.2) is 60.2 Å². The fourth-order valence-corrected chi connectivity index (χ4v) is 4.58. The van der Waals surface area contributed by atoms with Crippen LogP contribution in [0.25, 0.3) is 16.8 Å². The predicted octanol–water partition coefficient (Wildman–Crippen LogP) is 4.85. The zero-order chi connectivity index (χ0) is 23.7. The fourth-order valence-electron chi connectivity index (χ4n) is 3.93. The molecule has 1 aliphatic rings. The molecule has 0 unspecified atom stereocenters. The van der Waals surface area contributed by atoms with Crippen molar-refractivity contribution in [2.75, 3.05) is 31.2 Å². The third-order valence-corrected chi connectivity index (χ3v) is 6.55. The van der Waals surface area contributed by atoms with Crippen molar-refractivity contribution in [1.82, 2.24) is 14.7 Å². The van der Waals surface area contributed by atoms with Gasteiger partial charge in [0.1, 0.15) is 11.3 Å². The maximum Gasteiger partial charge on any atom is 0.420 e. The number of anilines is 1. The summed E-state index contributed by atoms with van der Waals surface area (Å²) < 4.78 is 48.3. The number of thiophene rings is 1. The Morgan fingerprint density at radius 1 is 1.09 bits per heavy atom. The van der Waals surface area contributed by atoms with Crippen molar-refractivity contribution < 1.29 is 22.7 Å². The van der Waals surface area contributed by atoms with Gasteiger partial charge in [-0.25, -0.2) is 4.98 Å². The second-order valence-electron chi connectivity index (χ2n) is 7.91. The summed E-state index contributed by atoms with van der Waals surface area (Å²) in [5, 5.41) is 4.59. The van der Waals surface area contributed by atoms with Gasteiger partial charge in [0.25, 0.3) is 5.91 Å². The molecule has 1 amide bonds. The van der Waals surface area contributed by atoms with E-state index in [1.807, 2.05) is 29.6 Å². The molecular formula is C24H21F3N4O2S. The van der Waals surface area contributed by atoms with Gasteiger partial charge in [-0.3, -0.25) is 4.79 Å². The van der Waals surface area contributed by atoms with Crippen molar-refractivity contribution in [3.8, 4) is 11.1 Å². The lowest BCUT2D eigenvalue weighted by Gasteiger charge is -2.29. The number of amides is 1. The average molecular weight is 487 g/mol. The molecule has 1 saturated heterocycles. The van der Waals surface area contributed by atoms with Crippen molar-refractivity contribution in [3.05, 3.63) is 76.4 Å². The van der Waals surface area contributed by atoms with E-state index in [1.54, 1.807) is 18.3 Å². The topological polar surface area (TPSA) is 58.9 Å². The lowest BCUT2D eigenvalue weighted by molar-refractivity contribution is -0.136. The van der Waals surface area contributed by atoms with Crippen LogP contribution in [0.1, 0.15) is 20.9 Å². The second kappa shape index (κ2) is 9.11. The standard InChI is InChI=1S/C24H21F3N4O2S/c25-24(26,27)20-12-17(16-3-5-18(6-4-16)30-7-9-33-10-8-30)14-31-15-21(29-22(20)31)23(32)28-13-19-2-1-11-34-19/h1-6,11-12,14-15H,7-10,13H2,(H,28,32). The number of rotatable bonds is 5. The number of fused-ring (bicyclic) bond motifs is 1. The van der Waals surface area contributed by atoms with E-state index in [2.05, 4.69) is 15.2 Å². The lowest BCUT2D eigenvalue weighted by Crippen LogP contribution is -2.36. The largest absolute Gasteiger partial charge is 0.420 e. The number of imidazole rings is 1. The number of halogens is 3. The van der Waals surface area contributed by atoms with Crippen LogP contribution in [0.4, 0.5) is 18.9 Å². The number of hydrogen-bond acceptors (Lipinski definition) is 5. The molecule has 0 spiro atoms. The molecule has 5 rings (SSSR count). The summed E-state index contributed by atoms with van der Waals surface area (Å²) in [5.41, 5.74) is 0.762. The molecule has 0 aliphatic carbocycles. The molecule has 0 saturated carbocycles. The van der Waals surface area contributed by atoms with Gasteiger partial charge >= 0.3 is 6.18 Å². The van der Waals surface area contributed by atoms with Gasteiger partial charge in [0.2, 0.25) is 0 Å². The molecule has 0 radical (unpaired) electrons. The van der Waals surface area contributed by atoms with Crippen LogP contribution in [0.3, 0.4) is 0 Å². The highest BCUT2D eigenvalue weighted by Gasteiger charge is 2.35. The summed E-state index contributed by atoms with van der Waals surface area (Å²) in [5.74, 6) is -0.526. The third-order valence-electron chi connectivity index (χ3n) is 5.67. The third kappa shape index (κ3) is 4.64. The molecule has 4 aromatic rings. The Labute approximate surface area is 197 Å². The van der Waals surface area contributed by atoms with E-state index < -0.39 is 17.6 Å². The van der Waals surface area contributed by atoms with Crippen LogP contribution in [0.5, 0.6) is 0 Å². The van der Waals surface area contributed by atoms with Crippen molar-refractivity contribution in [1.29, 1.82) is 0 Å². The van der Waals surface area contributed by atoms with Crippen molar-refractivity contribution >= 4 is 28.6 Å². The van der Waals surface area contributed by atoms with Crippen LogP contribution >= 0.6 is 11.3 Å². The van der Waals surface area contributed by atoms with Gasteiger partial charge in [-0.15, -0.1) is 11.3 Å². The molecule has 0 bridgehead atoms. The van der Waals surface area contributed by atoms with Gasteiger partial charge in [0.15, 0.2) is 0 Å². The summed E-state index contributed by atoms with van der Waals surface area (Å²) in [6.07, 6.45) is -1.72. The van der Waals surface area contributed by atoms with Crippen LogP contribution in [-0.2, 0) is 17.5 Å². The quantitative estimate of drug-likeness (QED) is 0.438. The number of ether oxygens (including phenoxy) is 1. The van der Waals surface area contributed by atoms with E-state index >= 15 is 0 Å². The van der Waals surface area contributed by atoms with Gasteiger partial charge in [-0.05, 0) is 40.8 Å². The molecule has 10 heteroatoms. The molecule has 34 heavy (non-hydrogen) atoms. The van der Waals surface area contributed by atoms with Crippen LogP contribution in [-0.4, -0.2) is 41.6 Å². The maximum absolute atomic E-state index is 13.9. The van der Waals surface area contributed by atoms with Crippen LogP contribution in [0, 0.1) is 0 Å². The first-order valence-electron chi connectivity index (χ1n) is 10.7. The molecular weight excluding hydrogens is 465 g/mol. The number of nitrogens with zero attached hydrogens (tertiary/aromatic N) is 3. The number of hydrogen-bond donors (Lipinski definition) is 1. The Bertz CT molecular complexity index is 1290. The van der Waals surface area contributed by atoms with Gasteiger partial charge in [0.05, 0.1) is 25.3 Å². The molecule has 0 atom stereocenters. The molecule has 1 N–H and O–H groups in total. The number of benzene rings is 1. The minimum atomic E-state index is -4.62. The Morgan fingerprint density at radius 3 is 2.53 bits per heavy atom. The van der Waals surface area contributed by atoms with E-state index in [0.29, 0.717) is 24.3 Å². The highest BCUT2D eigenvalue weighted by Crippen LogP contribution is 2.35. The smallest absolute Gasteiger partial charge is 0.378 e. The first kappa shape index (κ1) is 22.4. The average Bonchev–Trinajstić information content (AvgIpc) is 3.52.